The molecule has 35 heavy (non-hydrogen) atoms. The molecule has 196 valence electrons. The summed E-state index contributed by atoms with van der Waals surface area (Å²) in [6.07, 6.45) is -1.77. The number of rotatable bonds is 12. The topological polar surface area (TPSA) is 161 Å². The van der Waals surface area contributed by atoms with E-state index in [9.17, 15) is 24.3 Å². The molecular formula is C24H35NO10. The molecule has 0 bridgehead atoms. The fourth-order valence-corrected chi connectivity index (χ4v) is 3.01. The number of carboxylic acid groups (broad SMARTS) is 1. The molecule has 11 nitrogen and oxygen atoms in total. The molecule has 5 atom stereocenters. The number of carboxylic acids is 1. The second kappa shape index (κ2) is 14.1. The van der Waals surface area contributed by atoms with Gasteiger partial charge in [-0.05, 0) is 50.3 Å². The van der Waals surface area contributed by atoms with E-state index in [-0.39, 0.29) is 18.1 Å². The normalized spacial score (nSPS) is 15.1. The van der Waals surface area contributed by atoms with Gasteiger partial charge in [0.2, 0.25) is 0 Å². The lowest BCUT2D eigenvalue weighted by Crippen LogP contribution is -2.40. The first-order valence-corrected chi connectivity index (χ1v) is 11.4. The molecule has 0 radical (unpaired) electrons. The van der Waals surface area contributed by atoms with Gasteiger partial charge in [-0.25, -0.2) is 9.59 Å². The minimum absolute atomic E-state index is 0.0906. The third-order valence-corrected chi connectivity index (χ3v) is 5.32. The third kappa shape index (κ3) is 9.81. The Balaban J connectivity index is 3.39. The Labute approximate surface area is 204 Å². The molecule has 0 spiro atoms. The maximum Gasteiger partial charge on any atom is 0.514 e. The molecule has 0 aliphatic rings. The predicted molar refractivity (Wildman–Crippen MR) is 124 cm³/mol. The van der Waals surface area contributed by atoms with Crippen molar-refractivity contribution >= 4 is 24.2 Å². The summed E-state index contributed by atoms with van der Waals surface area (Å²) in [5, 5.41) is 9.54. The van der Waals surface area contributed by atoms with E-state index in [1.54, 1.807) is 20.8 Å². The molecule has 0 saturated carbocycles. The third-order valence-electron chi connectivity index (χ3n) is 5.32. The Hall–Kier alpha value is -3.34. The summed E-state index contributed by atoms with van der Waals surface area (Å²) in [5.41, 5.74) is 6.30. The monoisotopic (exact) mass is 497 g/mol. The predicted octanol–water partition coefficient (Wildman–Crippen LogP) is 4.01. The van der Waals surface area contributed by atoms with Gasteiger partial charge in [-0.2, -0.15) is 0 Å². The molecule has 3 N–H and O–H groups in total. The number of benzene rings is 1. The van der Waals surface area contributed by atoms with E-state index in [2.05, 4.69) is 0 Å². The quantitative estimate of drug-likeness (QED) is 0.244. The Kier molecular flexibility index (Phi) is 12.0. The summed E-state index contributed by atoms with van der Waals surface area (Å²) in [6, 6.07) is 2.78. The fourth-order valence-electron chi connectivity index (χ4n) is 3.01. The van der Waals surface area contributed by atoms with E-state index in [1.807, 2.05) is 13.8 Å². The number of carbonyl (C=O) groups is 4. The number of nitrogens with two attached hydrogens (primary N) is 1. The molecule has 1 aromatic carbocycles. The van der Waals surface area contributed by atoms with Gasteiger partial charge in [-0.1, -0.05) is 26.8 Å². The molecule has 1 aromatic rings. The maximum atomic E-state index is 12.3. The van der Waals surface area contributed by atoms with Crippen LogP contribution in [0.25, 0.3) is 0 Å². The largest absolute Gasteiger partial charge is 0.514 e. The van der Waals surface area contributed by atoms with Crippen molar-refractivity contribution in [1.82, 2.24) is 0 Å². The number of hydrogen-bond donors (Lipinski definition) is 2. The van der Waals surface area contributed by atoms with Crippen LogP contribution in [0.5, 0.6) is 11.5 Å². The summed E-state index contributed by atoms with van der Waals surface area (Å²) in [5.74, 6) is -3.51. The molecule has 0 aliphatic carbocycles. The zero-order valence-electron chi connectivity index (χ0n) is 20.9. The minimum Gasteiger partial charge on any atom is -0.480 e. The lowest BCUT2D eigenvalue weighted by Gasteiger charge is -2.28. The van der Waals surface area contributed by atoms with Crippen LogP contribution in [0.1, 0.15) is 65.9 Å². The van der Waals surface area contributed by atoms with Crippen LogP contribution >= 0.6 is 0 Å². The zero-order chi connectivity index (χ0) is 26.7. The average molecular weight is 498 g/mol. The molecule has 0 heterocycles. The molecule has 0 amide bonds. The smallest absolute Gasteiger partial charge is 0.480 e. The lowest BCUT2D eigenvalue weighted by molar-refractivity contribution is -0.142. The second-order valence-electron chi connectivity index (χ2n) is 8.25. The molecule has 4 unspecified atom stereocenters. The standard InChI is InChI=1S/C24H35NO10/c1-7-14(4)32-23(29)34-18-10-9-17(11-19(18)35-24(30)33-15(5)8-2)20(21(25)22(27)28)13(3)12-31-16(6)26/h9-11,13-15,20-21H,7-8,12,25H2,1-6H3,(H,27,28)/t13?,14?,15?,20?,21-/m0/s1. The highest BCUT2D eigenvalue weighted by Crippen LogP contribution is 2.36. The number of hydrogen-bond acceptors (Lipinski definition) is 10. The van der Waals surface area contributed by atoms with Gasteiger partial charge in [0.1, 0.15) is 18.2 Å². The van der Waals surface area contributed by atoms with Crippen molar-refractivity contribution in [2.24, 2.45) is 11.7 Å². The highest BCUT2D eigenvalue weighted by molar-refractivity contribution is 5.75. The first-order valence-electron chi connectivity index (χ1n) is 11.4. The van der Waals surface area contributed by atoms with Gasteiger partial charge < -0.3 is 34.5 Å². The number of esters is 1. The molecule has 11 heteroatoms. The number of ether oxygens (including phenoxy) is 5. The number of aliphatic carboxylic acids is 1. The van der Waals surface area contributed by atoms with Crippen LogP contribution in [0.2, 0.25) is 0 Å². The van der Waals surface area contributed by atoms with Gasteiger partial charge in [0.25, 0.3) is 0 Å². The summed E-state index contributed by atoms with van der Waals surface area (Å²) in [6.45, 7) is 9.83. The lowest BCUT2D eigenvalue weighted by atomic mass is 9.82. The van der Waals surface area contributed by atoms with Crippen molar-refractivity contribution in [1.29, 1.82) is 0 Å². The van der Waals surface area contributed by atoms with Crippen LogP contribution in [0.4, 0.5) is 9.59 Å². The first kappa shape index (κ1) is 29.7. The van der Waals surface area contributed by atoms with E-state index in [0.717, 1.165) is 0 Å². The van der Waals surface area contributed by atoms with Crippen molar-refractivity contribution in [3.8, 4) is 11.5 Å². The minimum atomic E-state index is -1.37. The first-order chi connectivity index (χ1) is 16.4. The van der Waals surface area contributed by atoms with Gasteiger partial charge in [0, 0.05) is 12.8 Å². The van der Waals surface area contributed by atoms with Crippen molar-refractivity contribution in [2.75, 3.05) is 6.61 Å². The van der Waals surface area contributed by atoms with Crippen molar-refractivity contribution < 1.29 is 48.0 Å². The van der Waals surface area contributed by atoms with Crippen LogP contribution in [0, 0.1) is 5.92 Å². The number of carbonyl (C=O) groups excluding carboxylic acids is 3. The highest BCUT2D eigenvalue weighted by atomic mass is 16.7. The van der Waals surface area contributed by atoms with Gasteiger partial charge in [-0.15, -0.1) is 0 Å². The van der Waals surface area contributed by atoms with Gasteiger partial charge in [0.05, 0.1) is 6.61 Å². The zero-order valence-corrected chi connectivity index (χ0v) is 20.9. The summed E-state index contributed by atoms with van der Waals surface area (Å²) in [4.78, 5) is 47.4. The summed E-state index contributed by atoms with van der Waals surface area (Å²) < 4.78 is 25.8. The highest BCUT2D eigenvalue weighted by Gasteiger charge is 2.32. The summed E-state index contributed by atoms with van der Waals surface area (Å²) >= 11 is 0. The molecule has 0 aliphatic heterocycles. The fraction of sp³-hybridized carbons (Fsp3) is 0.583. The SMILES string of the molecule is CCC(C)OC(=O)Oc1ccc(C(C(C)COC(C)=O)[C@H](N)C(=O)O)cc1OC(=O)OC(C)CC. The second-order valence-corrected chi connectivity index (χ2v) is 8.25. The van der Waals surface area contributed by atoms with E-state index < -0.39 is 54.3 Å². The van der Waals surface area contributed by atoms with E-state index in [0.29, 0.717) is 18.4 Å². The molecule has 1 rings (SSSR count). The van der Waals surface area contributed by atoms with Crippen molar-refractivity contribution in [3.63, 3.8) is 0 Å². The molecule has 0 saturated heterocycles. The van der Waals surface area contributed by atoms with Crippen molar-refractivity contribution in [3.05, 3.63) is 23.8 Å². The maximum absolute atomic E-state index is 12.3. The van der Waals surface area contributed by atoms with E-state index in [4.69, 9.17) is 29.4 Å². The average Bonchev–Trinajstić information content (AvgIpc) is 2.78. The van der Waals surface area contributed by atoms with Gasteiger partial charge >= 0.3 is 24.2 Å². The molecular weight excluding hydrogens is 462 g/mol. The van der Waals surface area contributed by atoms with Gasteiger partial charge in [0.15, 0.2) is 11.5 Å². The molecule has 0 fully saturated rings. The van der Waals surface area contributed by atoms with Crippen LogP contribution in [-0.2, 0) is 23.8 Å². The van der Waals surface area contributed by atoms with E-state index >= 15 is 0 Å². The van der Waals surface area contributed by atoms with Crippen molar-refractivity contribution in [2.45, 2.75) is 78.6 Å². The van der Waals surface area contributed by atoms with E-state index in [1.165, 1.54) is 25.1 Å². The van der Waals surface area contributed by atoms with Gasteiger partial charge in [-0.3, -0.25) is 9.59 Å². The Morgan fingerprint density at radius 3 is 1.89 bits per heavy atom. The van der Waals surface area contributed by atoms with Crippen LogP contribution in [0.3, 0.4) is 0 Å². The molecule has 0 aromatic heterocycles. The van der Waals surface area contributed by atoms with Crippen LogP contribution in [-0.4, -0.2) is 54.2 Å². The Morgan fingerprint density at radius 2 is 1.43 bits per heavy atom. The Bertz CT molecular complexity index is 887. The van der Waals surface area contributed by atoms with Crippen LogP contribution < -0.4 is 15.2 Å². The summed E-state index contributed by atoms with van der Waals surface area (Å²) in [7, 11) is 0. The van der Waals surface area contributed by atoms with Crippen LogP contribution in [0.15, 0.2) is 18.2 Å². The Morgan fingerprint density at radius 1 is 0.914 bits per heavy atom.